The maximum absolute atomic E-state index is 13.3. The number of fused-ring (bicyclic) bond motifs is 1. The molecule has 0 bridgehead atoms. The van der Waals surface area contributed by atoms with Crippen molar-refractivity contribution in [3.63, 3.8) is 0 Å². The molecule has 38 heavy (non-hydrogen) atoms. The van der Waals surface area contributed by atoms with E-state index in [1.165, 1.54) is 12.0 Å². The predicted molar refractivity (Wildman–Crippen MR) is 152 cm³/mol. The van der Waals surface area contributed by atoms with Crippen molar-refractivity contribution in [2.45, 2.75) is 71.9 Å². The van der Waals surface area contributed by atoms with Crippen LogP contribution >= 0.6 is 0 Å². The number of rotatable bonds is 8. The Balaban J connectivity index is 1.45. The molecular weight excluding hydrogens is 476 g/mol. The Hall–Kier alpha value is -3.12. The molecule has 1 saturated carbocycles. The van der Waals surface area contributed by atoms with Crippen LogP contribution in [-0.4, -0.2) is 37.0 Å². The molecule has 1 fully saturated rings. The Morgan fingerprint density at radius 1 is 1.16 bits per heavy atom. The number of anilines is 1. The van der Waals surface area contributed by atoms with Gasteiger partial charge in [0.15, 0.2) is 5.78 Å². The van der Waals surface area contributed by atoms with Gasteiger partial charge in [-0.25, -0.2) is 0 Å². The number of benzene rings is 2. The lowest BCUT2D eigenvalue weighted by Gasteiger charge is -2.37. The van der Waals surface area contributed by atoms with Gasteiger partial charge in [-0.05, 0) is 80.7 Å². The molecule has 1 amide bonds. The van der Waals surface area contributed by atoms with Crippen molar-refractivity contribution >= 4 is 23.1 Å². The zero-order valence-corrected chi connectivity index (χ0v) is 23.6. The predicted octanol–water partition coefficient (Wildman–Crippen LogP) is 6.26. The largest absolute Gasteiger partial charge is 0.497 e. The van der Waals surface area contributed by atoms with Crippen LogP contribution in [0.5, 0.6) is 5.75 Å². The minimum absolute atomic E-state index is 0.0143. The van der Waals surface area contributed by atoms with Gasteiger partial charge in [-0.2, -0.15) is 0 Å². The summed E-state index contributed by atoms with van der Waals surface area (Å²) in [5.74, 6) is 2.04. The van der Waals surface area contributed by atoms with Crippen LogP contribution in [0.25, 0.3) is 5.70 Å². The highest BCUT2D eigenvalue weighted by molar-refractivity contribution is 6.09. The number of amides is 1. The van der Waals surface area contributed by atoms with E-state index in [2.05, 4.69) is 51.3 Å². The van der Waals surface area contributed by atoms with E-state index in [1.807, 2.05) is 12.1 Å². The molecule has 6 heteroatoms. The molecule has 1 heterocycles. The minimum atomic E-state index is -0.203. The number of ether oxygens (including phenoxy) is 2. The highest BCUT2D eigenvalue weighted by Crippen LogP contribution is 2.35. The number of ketones is 1. The average Bonchev–Trinajstić information content (AvgIpc) is 2.86. The third-order valence-corrected chi connectivity index (χ3v) is 7.81. The summed E-state index contributed by atoms with van der Waals surface area (Å²) in [7, 11) is 1.64. The second-order valence-corrected chi connectivity index (χ2v) is 11.9. The Morgan fingerprint density at radius 3 is 2.68 bits per heavy atom. The monoisotopic (exact) mass is 518 g/mol. The Bertz CT molecular complexity index is 1200. The molecule has 1 aliphatic carbocycles. The summed E-state index contributed by atoms with van der Waals surface area (Å²) in [6.07, 6.45) is 5.96. The lowest BCUT2D eigenvalue weighted by Crippen LogP contribution is -2.43. The van der Waals surface area contributed by atoms with E-state index in [4.69, 9.17) is 9.47 Å². The molecule has 4 rings (SSSR count). The molecule has 2 N–H and O–H groups in total. The van der Waals surface area contributed by atoms with Crippen LogP contribution < -0.4 is 15.4 Å². The third kappa shape index (κ3) is 6.84. The molecule has 0 saturated heterocycles. The third-order valence-electron chi connectivity index (χ3n) is 7.81. The Labute approximate surface area is 227 Å². The van der Waals surface area contributed by atoms with Crippen LogP contribution in [0.3, 0.4) is 0 Å². The van der Waals surface area contributed by atoms with Crippen molar-refractivity contribution in [1.29, 1.82) is 0 Å². The van der Waals surface area contributed by atoms with Gasteiger partial charge in [-0.3, -0.25) is 9.59 Å². The highest BCUT2D eigenvalue weighted by atomic mass is 16.5. The summed E-state index contributed by atoms with van der Waals surface area (Å²) in [4.78, 5) is 26.0. The van der Waals surface area contributed by atoms with E-state index in [0.29, 0.717) is 29.0 Å². The van der Waals surface area contributed by atoms with Crippen LogP contribution in [0.1, 0.15) is 75.4 Å². The second kappa shape index (κ2) is 11.7. The van der Waals surface area contributed by atoms with Gasteiger partial charge in [0.25, 0.3) is 0 Å². The summed E-state index contributed by atoms with van der Waals surface area (Å²) in [6, 6.07) is 13.0. The van der Waals surface area contributed by atoms with Crippen LogP contribution in [0.4, 0.5) is 5.69 Å². The molecular formula is C32H42N2O4. The maximum Gasteiger partial charge on any atom is 0.250 e. The summed E-state index contributed by atoms with van der Waals surface area (Å²) in [6.45, 7) is 11.0. The normalized spacial score (nSPS) is 23.4. The average molecular weight is 519 g/mol. The molecule has 0 aromatic heterocycles. The minimum Gasteiger partial charge on any atom is -0.497 e. The first-order valence-electron chi connectivity index (χ1n) is 13.8. The van der Waals surface area contributed by atoms with Gasteiger partial charge in [0.1, 0.15) is 12.4 Å². The molecule has 2 aromatic carbocycles. The fourth-order valence-electron chi connectivity index (χ4n) is 5.80. The van der Waals surface area contributed by atoms with Gasteiger partial charge < -0.3 is 20.1 Å². The van der Waals surface area contributed by atoms with Crippen molar-refractivity contribution in [1.82, 2.24) is 5.32 Å². The number of hydrogen-bond acceptors (Lipinski definition) is 5. The molecule has 0 unspecified atom stereocenters. The topological polar surface area (TPSA) is 76.7 Å². The van der Waals surface area contributed by atoms with Crippen LogP contribution in [0.15, 0.2) is 48.5 Å². The van der Waals surface area contributed by atoms with E-state index in [-0.39, 0.29) is 29.9 Å². The number of allylic oxidation sites excluding steroid dienone is 1. The zero-order valence-electron chi connectivity index (χ0n) is 23.6. The second-order valence-electron chi connectivity index (χ2n) is 11.9. The Morgan fingerprint density at radius 2 is 1.95 bits per heavy atom. The molecule has 0 radical (unpaired) electrons. The quantitative estimate of drug-likeness (QED) is 0.319. The van der Waals surface area contributed by atoms with Crippen LogP contribution in [0.2, 0.25) is 0 Å². The van der Waals surface area contributed by atoms with Gasteiger partial charge >= 0.3 is 0 Å². The number of hydrogen-bond donors (Lipinski definition) is 2. The van der Waals surface area contributed by atoms with Crippen molar-refractivity contribution in [3.05, 3.63) is 65.2 Å². The summed E-state index contributed by atoms with van der Waals surface area (Å²) >= 11 is 0. The van der Waals surface area contributed by atoms with Gasteiger partial charge in [0, 0.05) is 34.1 Å². The van der Waals surface area contributed by atoms with Gasteiger partial charge in [0.05, 0.1) is 13.2 Å². The summed E-state index contributed by atoms with van der Waals surface area (Å²) in [5, 5.41) is 6.42. The van der Waals surface area contributed by atoms with Gasteiger partial charge in [-0.1, -0.05) is 45.4 Å². The molecule has 1 aliphatic heterocycles. The SMILES string of the molecule is COc1ccc2c(c1)/C(=C/C(=O)c1cccc(NC(=O)CO[C@@H]3C[C@H](C)CC[C@H]3C(C)C)c1)NC(C)(C)C2. The van der Waals surface area contributed by atoms with E-state index in [1.54, 1.807) is 37.5 Å². The summed E-state index contributed by atoms with van der Waals surface area (Å²) < 4.78 is 11.5. The van der Waals surface area contributed by atoms with Crippen molar-refractivity contribution in [2.24, 2.45) is 17.8 Å². The van der Waals surface area contributed by atoms with Crippen LogP contribution in [0, 0.1) is 17.8 Å². The number of carbonyl (C=O) groups excluding carboxylic acids is 2. The fraction of sp³-hybridized carbons (Fsp3) is 0.500. The van der Waals surface area contributed by atoms with E-state index >= 15 is 0 Å². The first-order chi connectivity index (χ1) is 18.0. The molecule has 2 aliphatic rings. The fourth-order valence-corrected chi connectivity index (χ4v) is 5.80. The van der Waals surface area contributed by atoms with Crippen molar-refractivity contribution < 1.29 is 19.1 Å². The lowest BCUT2D eigenvalue weighted by atomic mass is 9.75. The van der Waals surface area contributed by atoms with E-state index < -0.39 is 0 Å². The zero-order chi connectivity index (χ0) is 27.4. The first-order valence-corrected chi connectivity index (χ1v) is 13.8. The summed E-state index contributed by atoms with van der Waals surface area (Å²) in [5.41, 5.74) is 3.81. The number of methoxy groups -OCH3 is 1. The molecule has 3 atom stereocenters. The maximum atomic E-state index is 13.3. The smallest absolute Gasteiger partial charge is 0.250 e. The molecule has 2 aromatic rings. The number of carbonyl (C=O) groups is 2. The highest BCUT2D eigenvalue weighted by Gasteiger charge is 2.32. The van der Waals surface area contributed by atoms with Crippen molar-refractivity contribution in [3.8, 4) is 5.75 Å². The molecule has 6 nitrogen and oxygen atoms in total. The van der Waals surface area contributed by atoms with Crippen LogP contribution in [-0.2, 0) is 16.0 Å². The van der Waals surface area contributed by atoms with Gasteiger partial charge in [0.2, 0.25) is 5.91 Å². The first kappa shape index (κ1) is 27.9. The van der Waals surface area contributed by atoms with Crippen molar-refractivity contribution in [2.75, 3.05) is 19.0 Å². The molecule has 0 spiro atoms. The van der Waals surface area contributed by atoms with Gasteiger partial charge in [-0.15, -0.1) is 0 Å². The standard InChI is InChI=1S/C32H42N2O4/c1-20(2)26-13-10-21(3)14-30(26)38-19-31(36)33-24-9-7-8-22(15-24)29(35)17-28-27-16-25(37-6)12-11-23(27)18-32(4,5)34-28/h7-9,11-12,15-17,20-21,26,30,34H,10,13-14,18-19H2,1-6H3,(H,33,36)/b28-17-/t21-,26+,30-/m1/s1. The lowest BCUT2D eigenvalue weighted by molar-refractivity contribution is -0.126. The molecule has 204 valence electrons. The van der Waals surface area contributed by atoms with E-state index in [0.717, 1.165) is 36.3 Å². The Kier molecular flexibility index (Phi) is 8.61. The number of nitrogens with one attached hydrogen (secondary N) is 2. The van der Waals surface area contributed by atoms with E-state index in [9.17, 15) is 9.59 Å².